The van der Waals surface area contributed by atoms with E-state index in [2.05, 4.69) is 24.1 Å². The second kappa shape index (κ2) is 10.8. The van der Waals surface area contributed by atoms with E-state index < -0.39 is 11.7 Å². The molecule has 180 valence electrons. The molecule has 2 aliphatic heterocycles. The second-order valence-electron chi connectivity index (χ2n) is 9.43. The Labute approximate surface area is 200 Å². The number of likely N-dealkylation sites (tertiary alicyclic amines) is 1. The van der Waals surface area contributed by atoms with Crippen LogP contribution in [0, 0.1) is 17.7 Å². The third kappa shape index (κ3) is 6.03. The lowest BCUT2D eigenvalue weighted by molar-refractivity contribution is -0.123. The molecule has 1 fully saturated rings. The summed E-state index contributed by atoms with van der Waals surface area (Å²) in [5, 5.41) is 2.95. The molecule has 0 aromatic heterocycles. The normalized spacial score (nSPS) is 21.8. The van der Waals surface area contributed by atoms with E-state index in [9.17, 15) is 14.0 Å². The van der Waals surface area contributed by atoms with Crippen LogP contribution >= 0.6 is 0 Å². The van der Waals surface area contributed by atoms with Crippen LogP contribution in [-0.2, 0) is 9.59 Å². The lowest BCUT2D eigenvalue weighted by Crippen LogP contribution is -2.45. The fourth-order valence-electron chi connectivity index (χ4n) is 4.87. The molecule has 7 heteroatoms. The van der Waals surface area contributed by atoms with Crippen LogP contribution in [0.5, 0.6) is 5.75 Å². The van der Waals surface area contributed by atoms with Gasteiger partial charge in [-0.25, -0.2) is 4.39 Å². The summed E-state index contributed by atoms with van der Waals surface area (Å²) < 4.78 is 19.4. The Hall–Kier alpha value is -3.19. The molecular weight excluding hydrogens is 433 g/mol. The SMILES string of the molecule is C[C@@H]1C[C@H](C)CN(CCCNC(=O)CN2C(=O)/C(=C\c3cccc(F)c3)Oc3ccccc32)C1. The van der Waals surface area contributed by atoms with Crippen LogP contribution in [0.1, 0.15) is 32.3 Å². The number of fused-ring (bicyclic) bond motifs is 1. The number of amides is 2. The van der Waals surface area contributed by atoms with Crippen molar-refractivity contribution in [2.75, 3.05) is 37.6 Å². The van der Waals surface area contributed by atoms with E-state index >= 15 is 0 Å². The van der Waals surface area contributed by atoms with Gasteiger partial charge in [0.2, 0.25) is 5.91 Å². The monoisotopic (exact) mass is 465 g/mol. The summed E-state index contributed by atoms with van der Waals surface area (Å²) in [6.07, 6.45) is 3.63. The molecule has 0 unspecified atom stereocenters. The number of carbonyl (C=O) groups excluding carboxylic acids is 2. The number of nitrogens with one attached hydrogen (secondary N) is 1. The third-order valence-corrected chi connectivity index (χ3v) is 6.20. The Morgan fingerprint density at radius 1 is 1.15 bits per heavy atom. The number of anilines is 1. The fraction of sp³-hybridized carbons (Fsp3) is 0.407. The molecule has 0 radical (unpaired) electrons. The van der Waals surface area contributed by atoms with Crippen molar-refractivity contribution in [2.24, 2.45) is 11.8 Å². The molecule has 2 aliphatic rings. The van der Waals surface area contributed by atoms with E-state index in [1.807, 2.05) is 0 Å². The molecule has 0 saturated carbocycles. The Morgan fingerprint density at radius 2 is 1.91 bits per heavy atom. The van der Waals surface area contributed by atoms with Gasteiger partial charge in [-0.3, -0.25) is 14.5 Å². The topological polar surface area (TPSA) is 61.9 Å². The molecule has 6 nitrogen and oxygen atoms in total. The minimum atomic E-state index is -0.436. The number of rotatable bonds is 7. The van der Waals surface area contributed by atoms with E-state index in [4.69, 9.17) is 4.74 Å². The van der Waals surface area contributed by atoms with Crippen molar-refractivity contribution in [3.8, 4) is 5.75 Å². The maximum atomic E-state index is 13.6. The Bertz CT molecular complexity index is 1060. The highest BCUT2D eigenvalue weighted by Gasteiger charge is 2.31. The van der Waals surface area contributed by atoms with E-state index in [-0.39, 0.29) is 18.2 Å². The molecule has 2 amide bonds. The van der Waals surface area contributed by atoms with Crippen LogP contribution in [0.15, 0.2) is 54.3 Å². The fourth-order valence-corrected chi connectivity index (χ4v) is 4.87. The van der Waals surface area contributed by atoms with E-state index in [0.717, 1.165) is 26.1 Å². The smallest absolute Gasteiger partial charge is 0.294 e. The molecule has 1 saturated heterocycles. The highest BCUT2D eigenvalue weighted by Crippen LogP contribution is 2.35. The van der Waals surface area contributed by atoms with E-state index in [0.29, 0.717) is 35.4 Å². The largest absolute Gasteiger partial charge is 0.449 e. The summed E-state index contributed by atoms with van der Waals surface area (Å²) in [4.78, 5) is 29.7. The summed E-state index contributed by atoms with van der Waals surface area (Å²) in [5.74, 6) is 0.879. The minimum Gasteiger partial charge on any atom is -0.449 e. The molecular formula is C27H32FN3O3. The molecule has 4 rings (SSSR count). The van der Waals surface area contributed by atoms with Gasteiger partial charge in [0.15, 0.2) is 11.5 Å². The quantitative estimate of drug-likeness (QED) is 0.495. The van der Waals surface area contributed by atoms with Gasteiger partial charge < -0.3 is 15.0 Å². The van der Waals surface area contributed by atoms with Crippen molar-refractivity contribution < 1.29 is 18.7 Å². The molecule has 0 spiro atoms. The number of nitrogens with zero attached hydrogens (tertiary/aromatic N) is 2. The number of benzene rings is 2. The zero-order valence-electron chi connectivity index (χ0n) is 19.8. The number of halogens is 1. The number of ether oxygens (including phenoxy) is 1. The maximum absolute atomic E-state index is 13.6. The molecule has 2 atom stereocenters. The first-order valence-electron chi connectivity index (χ1n) is 11.9. The van der Waals surface area contributed by atoms with Gasteiger partial charge in [0.05, 0.1) is 5.69 Å². The highest BCUT2D eigenvalue weighted by atomic mass is 19.1. The minimum absolute atomic E-state index is 0.0467. The summed E-state index contributed by atoms with van der Waals surface area (Å²) in [6, 6.07) is 13.0. The first kappa shape index (κ1) is 24.0. The standard InChI is InChI=1S/C27H32FN3O3/c1-19-13-20(2)17-30(16-19)12-6-11-29-26(32)18-31-23-9-3-4-10-24(23)34-25(27(31)33)15-21-7-5-8-22(28)14-21/h3-5,7-10,14-15,19-20H,6,11-13,16-18H2,1-2H3,(H,29,32)/b25-15+/t19-,20+. The van der Waals surface area contributed by atoms with Crippen LogP contribution in [0.3, 0.4) is 0 Å². The number of para-hydroxylation sites is 2. The molecule has 0 bridgehead atoms. The van der Waals surface area contributed by atoms with Gasteiger partial charge in [0.1, 0.15) is 12.4 Å². The van der Waals surface area contributed by atoms with Crippen LogP contribution in [0.2, 0.25) is 0 Å². The van der Waals surface area contributed by atoms with E-state index in [1.165, 1.54) is 29.5 Å². The van der Waals surface area contributed by atoms with Crippen molar-refractivity contribution in [3.63, 3.8) is 0 Å². The summed E-state index contributed by atoms with van der Waals surface area (Å²) in [6.45, 7) is 8.20. The second-order valence-corrected chi connectivity index (χ2v) is 9.43. The number of piperidine rings is 1. The van der Waals surface area contributed by atoms with Crippen molar-refractivity contribution in [1.82, 2.24) is 10.2 Å². The van der Waals surface area contributed by atoms with Gasteiger partial charge in [-0.2, -0.15) is 0 Å². The zero-order chi connectivity index (χ0) is 24.1. The molecule has 2 aromatic carbocycles. The van der Waals surface area contributed by atoms with Crippen LogP contribution in [-0.4, -0.2) is 49.4 Å². The van der Waals surface area contributed by atoms with Crippen molar-refractivity contribution in [1.29, 1.82) is 0 Å². The zero-order valence-corrected chi connectivity index (χ0v) is 19.8. The predicted molar refractivity (Wildman–Crippen MR) is 131 cm³/mol. The van der Waals surface area contributed by atoms with E-state index in [1.54, 1.807) is 36.4 Å². The van der Waals surface area contributed by atoms with Gasteiger partial charge in [-0.1, -0.05) is 38.1 Å². The molecule has 0 aliphatic carbocycles. The number of carbonyl (C=O) groups is 2. The molecule has 2 heterocycles. The van der Waals surface area contributed by atoms with Gasteiger partial charge in [0.25, 0.3) is 5.91 Å². The molecule has 1 N–H and O–H groups in total. The average molecular weight is 466 g/mol. The number of hydrogen-bond donors (Lipinski definition) is 1. The first-order valence-corrected chi connectivity index (χ1v) is 11.9. The van der Waals surface area contributed by atoms with Crippen LogP contribution in [0.25, 0.3) is 6.08 Å². The highest BCUT2D eigenvalue weighted by molar-refractivity contribution is 6.12. The van der Waals surface area contributed by atoms with Crippen LogP contribution in [0.4, 0.5) is 10.1 Å². The van der Waals surface area contributed by atoms with Gasteiger partial charge in [0, 0.05) is 19.6 Å². The molecule has 2 aromatic rings. The average Bonchev–Trinajstić information content (AvgIpc) is 2.79. The third-order valence-electron chi connectivity index (χ3n) is 6.20. The summed E-state index contributed by atoms with van der Waals surface area (Å²) >= 11 is 0. The summed E-state index contributed by atoms with van der Waals surface area (Å²) in [7, 11) is 0. The first-order chi connectivity index (χ1) is 16.4. The Morgan fingerprint density at radius 3 is 2.68 bits per heavy atom. The van der Waals surface area contributed by atoms with Crippen molar-refractivity contribution in [3.05, 3.63) is 65.7 Å². The Kier molecular flexibility index (Phi) is 7.63. The molecule has 34 heavy (non-hydrogen) atoms. The summed E-state index contributed by atoms with van der Waals surface area (Å²) in [5.41, 5.74) is 1.05. The Balaban J connectivity index is 1.38. The number of hydrogen-bond acceptors (Lipinski definition) is 4. The lowest BCUT2D eigenvalue weighted by atomic mass is 9.92. The van der Waals surface area contributed by atoms with Crippen LogP contribution < -0.4 is 15.0 Å². The van der Waals surface area contributed by atoms with Gasteiger partial charge >= 0.3 is 0 Å². The van der Waals surface area contributed by atoms with Crippen molar-refractivity contribution >= 4 is 23.6 Å². The lowest BCUT2D eigenvalue weighted by Gasteiger charge is -2.35. The van der Waals surface area contributed by atoms with Gasteiger partial charge in [-0.05, 0) is 67.1 Å². The predicted octanol–water partition coefficient (Wildman–Crippen LogP) is 4.08. The van der Waals surface area contributed by atoms with Crippen molar-refractivity contribution in [2.45, 2.75) is 26.7 Å². The maximum Gasteiger partial charge on any atom is 0.294 e. The van der Waals surface area contributed by atoms with Gasteiger partial charge in [-0.15, -0.1) is 0 Å².